The molecule has 0 bridgehead atoms. The number of rotatable bonds is 4. The summed E-state index contributed by atoms with van der Waals surface area (Å²) in [7, 11) is 1.95. The van der Waals surface area contributed by atoms with Gasteiger partial charge in [-0.2, -0.15) is 0 Å². The van der Waals surface area contributed by atoms with Gasteiger partial charge < -0.3 is 14.4 Å². The minimum absolute atomic E-state index is 0.566. The number of aryl methyl sites for hydroxylation is 1. The molecule has 0 amide bonds. The van der Waals surface area contributed by atoms with E-state index in [0.29, 0.717) is 12.5 Å². The van der Waals surface area contributed by atoms with E-state index >= 15 is 0 Å². The van der Waals surface area contributed by atoms with Crippen LogP contribution in [0.1, 0.15) is 36.8 Å². The largest absolute Gasteiger partial charge is 0.478 e. The molecule has 0 saturated carbocycles. The fourth-order valence-electron chi connectivity index (χ4n) is 2.18. The SMILES string of the molecule is CC(O)Cl.CCOc1cc2c(C=O)c(CC)n(C)c2cn1. The molecular formula is C15H21ClN2O3. The Morgan fingerprint density at radius 2 is 2.14 bits per heavy atom. The average molecular weight is 313 g/mol. The van der Waals surface area contributed by atoms with Crippen LogP contribution in [-0.4, -0.2) is 33.1 Å². The first-order valence-electron chi connectivity index (χ1n) is 6.83. The molecule has 0 aromatic carbocycles. The van der Waals surface area contributed by atoms with Crippen molar-refractivity contribution in [3.05, 3.63) is 23.5 Å². The first-order valence-corrected chi connectivity index (χ1v) is 7.27. The third-order valence-electron chi connectivity index (χ3n) is 2.97. The number of ether oxygens (including phenoxy) is 1. The molecule has 1 atom stereocenters. The molecule has 0 spiro atoms. The molecule has 21 heavy (non-hydrogen) atoms. The number of aliphatic hydroxyl groups is 1. The van der Waals surface area contributed by atoms with Gasteiger partial charge in [0.1, 0.15) is 5.56 Å². The van der Waals surface area contributed by atoms with Crippen LogP contribution in [0.3, 0.4) is 0 Å². The second-order valence-corrected chi connectivity index (χ2v) is 5.07. The Bertz CT molecular complexity index is 606. The number of carbonyl (C=O) groups is 1. The van der Waals surface area contributed by atoms with Crippen molar-refractivity contribution in [3.63, 3.8) is 0 Å². The number of aromatic nitrogens is 2. The van der Waals surface area contributed by atoms with Crippen molar-refractivity contribution in [3.8, 4) is 5.88 Å². The zero-order chi connectivity index (χ0) is 16.0. The lowest BCUT2D eigenvalue weighted by atomic mass is 10.1. The highest BCUT2D eigenvalue weighted by atomic mass is 35.5. The predicted molar refractivity (Wildman–Crippen MR) is 84.2 cm³/mol. The highest BCUT2D eigenvalue weighted by Gasteiger charge is 2.14. The molecule has 1 unspecified atom stereocenters. The topological polar surface area (TPSA) is 64.3 Å². The average Bonchev–Trinajstić information content (AvgIpc) is 2.70. The van der Waals surface area contributed by atoms with Crippen LogP contribution in [0.2, 0.25) is 0 Å². The standard InChI is InChI=1S/C13H16N2O2.C2H5ClO/c1-4-11-10(8-16)9-6-13(17-5-2)14-7-12(9)15(11)3;1-2(3)4/h6-8H,4-5H2,1-3H3;2,4H,1H3. The molecule has 0 radical (unpaired) electrons. The Labute approximate surface area is 129 Å². The zero-order valence-corrected chi connectivity index (χ0v) is 13.5. The molecule has 2 rings (SSSR count). The molecular weight excluding hydrogens is 292 g/mol. The smallest absolute Gasteiger partial charge is 0.213 e. The van der Waals surface area contributed by atoms with Crippen LogP contribution in [0.15, 0.2) is 12.3 Å². The van der Waals surface area contributed by atoms with Crippen LogP contribution in [0.4, 0.5) is 0 Å². The Morgan fingerprint density at radius 3 is 2.62 bits per heavy atom. The van der Waals surface area contributed by atoms with Gasteiger partial charge in [0, 0.05) is 29.8 Å². The minimum atomic E-state index is -0.694. The van der Waals surface area contributed by atoms with Crippen LogP contribution in [-0.2, 0) is 13.5 Å². The van der Waals surface area contributed by atoms with Gasteiger partial charge >= 0.3 is 0 Å². The molecule has 0 aliphatic rings. The van der Waals surface area contributed by atoms with Crippen molar-refractivity contribution in [1.29, 1.82) is 0 Å². The maximum Gasteiger partial charge on any atom is 0.213 e. The second-order valence-electron chi connectivity index (χ2n) is 4.44. The van der Waals surface area contributed by atoms with Gasteiger partial charge in [0.05, 0.1) is 18.3 Å². The summed E-state index contributed by atoms with van der Waals surface area (Å²) in [6, 6.07) is 1.84. The van der Waals surface area contributed by atoms with E-state index < -0.39 is 5.56 Å². The van der Waals surface area contributed by atoms with Crippen LogP contribution >= 0.6 is 11.6 Å². The van der Waals surface area contributed by atoms with Crippen LogP contribution in [0, 0.1) is 0 Å². The van der Waals surface area contributed by atoms with E-state index in [-0.39, 0.29) is 0 Å². The summed E-state index contributed by atoms with van der Waals surface area (Å²) < 4.78 is 7.38. The second kappa shape index (κ2) is 8.00. The minimum Gasteiger partial charge on any atom is -0.478 e. The van der Waals surface area contributed by atoms with Crippen molar-refractivity contribution in [1.82, 2.24) is 9.55 Å². The van der Waals surface area contributed by atoms with Gasteiger partial charge in [0.15, 0.2) is 6.29 Å². The van der Waals surface area contributed by atoms with Gasteiger partial charge in [0.25, 0.3) is 0 Å². The number of aldehydes is 1. The monoisotopic (exact) mass is 312 g/mol. The number of carbonyl (C=O) groups excluding carboxylic acids is 1. The Hall–Kier alpha value is -1.59. The first-order chi connectivity index (χ1) is 9.96. The van der Waals surface area contributed by atoms with Crippen molar-refractivity contribution >= 4 is 28.8 Å². The van der Waals surface area contributed by atoms with Crippen LogP contribution in [0.5, 0.6) is 5.88 Å². The quantitative estimate of drug-likeness (QED) is 0.696. The third kappa shape index (κ3) is 4.19. The van der Waals surface area contributed by atoms with Gasteiger partial charge in [-0.25, -0.2) is 4.98 Å². The molecule has 0 aliphatic carbocycles. The van der Waals surface area contributed by atoms with E-state index in [4.69, 9.17) is 21.4 Å². The summed E-state index contributed by atoms with van der Waals surface area (Å²) in [6.07, 6.45) is 3.49. The summed E-state index contributed by atoms with van der Waals surface area (Å²) >= 11 is 4.83. The van der Waals surface area contributed by atoms with Crippen LogP contribution < -0.4 is 4.74 Å². The van der Waals surface area contributed by atoms with E-state index in [9.17, 15) is 4.79 Å². The maximum absolute atomic E-state index is 11.2. The number of fused-ring (bicyclic) bond motifs is 1. The molecule has 2 heterocycles. The Balaban J connectivity index is 0.000000491. The molecule has 0 fully saturated rings. The number of hydrogen-bond donors (Lipinski definition) is 1. The van der Waals surface area contributed by atoms with E-state index in [0.717, 1.165) is 34.9 Å². The lowest BCUT2D eigenvalue weighted by Gasteiger charge is -2.02. The summed E-state index contributed by atoms with van der Waals surface area (Å²) in [4.78, 5) is 15.4. The highest BCUT2D eigenvalue weighted by molar-refractivity contribution is 6.19. The van der Waals surface area contributed by atoms with Gasteiger partial charge in [-0.3, -0.25) is 4.79 Å². The van der Waals surface area contributed by atoms with Crippen LogP contribution in [0.25, 0.3) is 10.9 Å². The van der Waals surface area contributed by atoms with E-state index in [1.165, 1.54) is 6.92 Å². The van der Waals surface area contributed by atoms with Crippen molar-refractivity contribution in [2.75, 3.05) is 6.61 Å². The fourth-order valence-corrected chi connectivity index (χ4v) is 2.18. The lowest BCUT2D eigenvalue weighted by Crippen LogP contribution is -1.96. The number of alkyl halides is 1. The number of hydrogen-bond acceptors (Lipinski definition) is 4. The van der Waals surface area contributed by atoms with E-state index in [1.54, 1.807) is 6.20 Å². The third-order valence-corrected chi connectivity index (χ3v) is 2.97. The molecule has 1 N–H and O–H groups in total. The molecule has 116 valence electrons. The number of nitrogens with zero attached hydrogens (tertiary/aromatic N) is 2. The van der Waals surface area contributed by atoms with E-state index in [2.05, 4.69) is 4.98 Å². The Kier molecular flexibility index (Phi) is 6.65. The molecule has 2 aromatic rings. The molecule has 2 aromatic heterocycles. The van der Waals surface area contributed by atoms with Gasteiger partial charge in [0.2, 0.25) is 5.88 Å². The molecule has 6 heteroatoms. The first kappa shape index (κ1) is 17.5. The van der Waals surface area contributed by atoms with Crippen molar-refractivity contribution in [2.45, 2.75) is 32.8 Å². The summed E-state index contributed by atoms with van der Waals surface area (Å²) in [5.74, 6) is 0.566. The maximum atomic E-state index is 11.2. The molecule has 5 nitrogen and oxygen atoms in total. The number of halogens is 1. The normalized spacial score (nSPS) is 11.7. The van der Waals surface area contributed by atoms with Gasteiger partial charge in [-0.15, -0.1) is 0 Å². The Morgan fingerprint density at radius 1 is 1.52 bits per heavy atom. The van der Waals surface area contributed by atoms with Crippen molar-refractivity contribution in [2.24, 2.45) is 7.05 Å². The molecule has 0 aliphatic heterocycles. The summed E-state index contributed by atoms with van der Waals surface area (Å²) in [5.41, 5.74) is 2.05. The van der Waals surface area contributed by atoms with Crippen molar-refractivity contribution < 1.29 is 14.6 Å². The van der Waals surface area contributed by atoms with Gasteiger partial charge in [-0.05, 0) is 20.3 Å². The fraction of sp³-hybridized carbons (Fsp3) is 0.467. The van der Waals surface area contributed by atoms with E-state index in [1.807, 2.05) is 31.5 Å². The predicted octanol–water partition coefficient (Wildman–Crippen LogP) is 2.91. The number of pyridine rings is 1. The summed E-state index contributed by atoms with van der Waals surface area (Å²) in [5, 5.41) is 8.74. The van der Waals surface area contributed by atoms with Gasteiger partial charge in [-0.1, -0.05) is 18.5 Å². The lowest BCUT2D eigenvalue weighted by molar-refractivity contribution is 0.112. The summed E-state index contributed by atoms with van der Waals surface area (Å²) in [6.45, 7) is 6.01. The number of aliphatic hydroxyl groups excluding tert-OH is 1. The molecule has 0 saturated heterocycles. The highest BCUT2D eigenvalue weighted by Crippen LogP contribution is 2.26. The zero-order valence-electron chi connectivity index (χ0n) is 12.8.